The summed E-state index contributed by atoms with van der Waals surface area (Å²) in [5.41, 5.74) is 6.17. The fourth-order valence-electron chi connectivity index (χ4n) is 2.07. The van der Waals surface area contributed by atoms with Gasteiger partial charge in [0.15, 0.2) is 0 Å². The van der Waals surface area contributed by atoms with E-state index in [0.29, 0.717) is 24.1 Å². The molecule has 0 spiro atoms. The fraction of sp³-hybridized carbons (Fsp3) is 0.500. The van der Waals surface area contributed by atoms with Crippen LogP contribution in [0.25, 0.3) is 0 Å². The standard InChI is InChI=1S/C16H22FN3O/c1-20(16(21)6-4-2-3-5-9-18)12-14-10-13(11-19)7-8-15(14)17/h7-8,10H,2-6,9,12,18H2,1H3. The Morgan fingerprint density at radius 1 is 1.33 bits per heavy atom. The maximum Gasteiger partial charge on any atom is 0.222 e. The summed E-state index contributed by atoms with van der Waals surface area (Å²) < 4.78 is 13.7. The second kappa shape index (κ2) is 9.09. The van der Waals surface area contributed by atoms with Crippen molar-refractivity contribution in [1.82, 2.24) is 4.90 Å². The topological polar surface area (TPSA) is 70.1 Å². The van der Waals surface area contributed by atoms with Crippen LogP contribution in [-0.4, -0.2) is 24.4 Å². The van der Waals surface area contributed by atoms with E-state index < -0.39 is 5.82 Å². The van der Waals surface area contributed by atoms with Crippen molar-refractivity contribution in [1.29, 1.82) is 5.26 Å². The number of unbranched alkanes of at least 4 members (excludes halogenated alkanes) is 3. The first kappa shape index (κ1) is 17.1. The molecule has 0 saturated heterocycles. The first-order valence-corrected chi connectivity index (χ1v) is 7.21. The van der Waals surface area contributed by atoms with Crippen molar-refractivity contribution in [2.24, 2.45) is 5.73 Å². The molecule has 0 saturated carbocycles. The molecule has 0 aliphatic rings. The molecule has 114 valence electrons. The summed E-state index contributed by atoms with van der Waals surface area (Å²) in [4.78, 5) is 13.5. The quantitative estimate of drug-likeness (QED) is 0.748. The average molecular weight is 291 g/mol. The molecule has 0 unspecified atom stereocenters. The van der Waals surface area contributed by atoms with Gasteiger partial charge in [-0.1, -0.05) is 12.8 Å². The van der Waals surface area contributed by atoms with E-state index in [-0.39, 0.29) is 12.5 Å². The van der Waals surface area contributed by atoms with Gasteiger partial charge in [0.25, 0.3) is 0 Å². The molecule has 0 aliphatic heterocycles. The zero-order valence-corrected chi connectivity index (χ0v) is 12.4. The minimum Gasteiger partial charge on any atom is -0.341 e. The number of hydrogen-bond donors (Lipinski definition) is 1. The molecule has 0 aromatic heterocycles. The number of benzene rings is 1. The summed E-state index contributed by atoms with van der Waals surface area (Å²) >= 11 is 0. The van der Waals surface area contributed by atoms with Gasteiger partial charge in [0.1, 0.15) is 5.82 Å². The minimum atomic E-state index is -0.392. The summed E-state index contributed by atoms with van der Waals surface area (Å²) in [6, 6.07) is 6.15. The number of nitriles is 1. The van der Waals surface area contributed by atoms with Crippen LogP contribution in [0.1, 0.15) is 43.2 Å². The molecule has 0 atom stereocenters. The third-order valence-corrected chi connectivity index (χ3v) is 3.35. The predicted octanol–water partition coefficient (Wildman–Crippen LogP) is 2.56. The average Bonchev–Trinajstić information content (AvgIpc) is 2.49. The SMILES string of the molecule is CN(Cc1cc(C#N)ccc1F)C(=O)CCCCCCN. The maximum atomic E-state index is 13.7. The Morgan fingerprint density at radius 3 is 2.71 bits per heavy atom. The van der Waals surface area contributed by atoms with Crippen LogP contribution < -0.4 is 5.73 Å². The van der Waals surface area contributed by atoms with Crippen molar-refractivity contribution in [3.8, 4) is 6.07 Å². The van der Waals surface area contributed by atoms with Gasteiger partial charge in [-0.2, -0.15) is 5.26 Å². The predicted molar refractivity (Wildman–Crippen MR) is 79.7 cm³/mol. The summed E-state index contributed by atoms with van der Waals surface area (Å²) in [6.07, 6.45) is 4.28. The van der Waals surface area contributed by atoms with E-state index in [1.165, 1.54) is 23.1 Å². The molecular formula is C16H22FN3O. The lowest BCUT2D eigenvalue weighted by Crippen LogP contribution is -2.26. The molecule has 2 N–H and O–H groups in total. The highest BCUT2D eigenvalue weighted by atomic mass is 19.1. The van der Waals surface area contributed by atoms with Crippen LogP contribution in [0, 0.1) is 17.1 Å². The third kappa shape index (κ3) is 5.92. The first-order valence-electron chi connectivity index (χ1n) is 7.21. The van der Waals surface area contributed by atoms with Crippen molar-refractivity contribution in [3.05, 3.63) is 35.1 Å². The lowest BCUT2D eigenvalue weighted by molar-refractivity contribution is -0.130. The molecule has 1 rings (SSSR count). The van der Waals surface area contributed by atoms with Crippen molar-refractivity contribution >= 4 is 5.91 Å². The van der Waals surface area contributed by atoms with E-state index in [2.05, 4.69) is 0 Å². The Balaban J connectivity index is 2.47. The second-order valence-corrected chi connectivity index (χ2v) is 5.12. The van der Waals surface area contributed by atoms with Crippen molar-refractivity contribution in [2.45, 2.75) is 38.6 Å². The normalized spacial score (nSPS) is 10.2. The number of hydrogen-bond acceptors (Lipinski definition) is 3. The summed E-state index contributed by atoms with van der Waals surface area (Å²) in [5, 5.41) is 8.82. The van der Waals surface area contributed by atoms with Crippen LogP contribution in [0.2, 0.25) is 0 Å². The molecule has 1 aromatic carbocycles. The molecule has 4 nitrogen and oxygen atoms in total. The Hall–Kier alpha value is -1.93. The second-order valence-electron chi connectivity index (χ2n) is 5.12. The van der Waals surface area contributed by atoms with Crippen LogP contribution in [-0.2, 0) is 11.3 Å². The monoisotopic (exact) mass is 291 g/mol. The maximum absolute atomic E-state index is 13.7. The number of rotatable bonds is 8. The van der Waals surface area contributed by atoms with E-state index in [9.17, 15) is 9.18 Å². The first-order chi connectivity index (χ1) is 10.1. The van der Waals surface area contributed by atoms with E-state index in [1.54, 1.807) is 7.05 Å². The molecule has 0 fully saturated rings. The smallest absolute Gasteiger partial charge is 0.222 e. The van der Waals surface area contributed by atoms with Crippen LogP contribution in [0.3, 0.4) is 0 Å². The van der Waals surface area contributed by atoms with Crippen LogP contribution in [0.5, 0.6) is 0 Å². The van der Waals surface area contributed by atoms with Gasteiger partial charge in [-0.15, -0.1) is 0 Å². The number of halogens is 1. The third-order valence-electron chi connectivity index (χ3n) is 3.35. The van der Waals surface area contributed by atoms with Gasteiger partial charge >= 0.3 is 0 Å². The number of carbonyl (C=O) groups excluding carboxylic acids is 1. The lowest BCUT2D eigenvalue weighted by atomic mass is 10.1. The molecule has 0 radical (unpaired) electrons. The molecule has 0 bridgehead atoms. The van der Waals surface area contributed by atoms with E-state index >= 15 is 0 Å². The highest BCUT2D eigenvalue weighted by molar-refractivity contribution is 5.75. The van der Waals surface area contributed by atoms with Gasteiger partial charge in [-0.3, -0.25) is 4.79 Å². The van der Waals surface area contributed by atoms with Gasteiger partial charge in [-0.25, -0.2) is 4.39 Å². The zero-order valence-electron chi connectivity index (χ0n) is 12.4. The van der Waals surface area contributed by atoms with Crippen molar-refractivity contribution in [3.63, 3.8) is 0 Å². The fourth-order valence-corrected chi connectivity index (χ4v) is 2.07. The van der Waals surface area contributed by atoms with Crippen molar-refractivity contribution < 1.29 is 9.18 Å². The Labute approximate surface area is 125 Å². The van der Waals surface area contributed by atoms with E-state index in [0.717, 1.165) is 25.7 Å². The molecule has 5 heteroatoms. The Kier molecular flexibility index (Phi) is 7.41. The van der Waals surface area contributed by atoms with Gasteiger partial charge in [-0.05, 0) is 37.6 Å². The summed E-state index contributed by atoms with van der Waals surface area (Å²) in [6.45, 7) is 0.866. The number of carbonyl (C=O) groups is 1. The van der Waals surface area contributed by atoms with E-state index in [4.69, 9.17) is 11.0 Å². The Bertz CT molecular complexity index is 511. The molecular weight excluding hydrogens is 269 g/mol. The lowest BCUT2D eigenvalue weighted by Gasteiger charge is -2.17. The van der Waals surface area contributed by atoms with Crippen molar-refractivity contribution in [2.75, 3.05) is 13.6 Å². The highest BCUT2D eigenvalue weighted by Gasteiger charge is 2.12. The largest absolute Gasteiger partial charge is 0.341 e. The van der Waals surface area contributed by atoms with Gasteiger partial charge in [0.05, 0.1) is 11.6 Å². The molecule has 0 heterocycles. The van der Waals surface area contributed by atoms with Crippen LogP contribution >= 0.6 is 0 Å². The van der Waals surface area contributed by atoms with Crippen LogP contribution in [0.4, 0.5) is 4.39 Å². The molecule has 21 heavy (non-hydrogen) atoms. The molecule has 1 amide bonds. The molecule has 0 aliphatic carbocycles. The highest BCUT2D eigenvalue weighted by Crippen LogP contribution is 2.13. The number of nitrogens with zero attached hydrogens (tertiary/aromatic N) is 2. The minimum absolute atomic E-state index is 0.00971. The van der Waals surface area contributed by atoms with Gasteiger partial charge in [0.2, 0.25) is 5.91 Å². The van der Waals surface area contributed by atoms with Gasteiger partial charge in [0, 0.05) is 25.6 Å². The Morgan fingerprint density at radius 2 is 2.05 bits per heavy atom. The molecule has 1 aromatic rings. The van der Waals surface area contributed by atoms with Crippen LogP contribution in [0.15, 0.2) is 18.2 Å². The number of amides is 1. The van der Waals surface area contributed by atoms with Gasteiger partial charge < -0.3 is 10.6 Å². The summed E-state index contributed by atoms with van der Waals surface area (Å²) in [5.74, 6) is -0.402. The number of nitrogens with two attached hydrogens (primary N) is 1. The van der Waals surface area contributed by atoms with E-state index in [1.807, 2.05) is 6.07 Å². The summed E-state index contributed by atoms with van der Waals surface area (Å²) in [7, 11) is 1.65. The zero-order chi connectivity index (χ0) is 15.7.